The molecule has 0 amide bonds. The van der Waals surface area contributed by atoms with Gasteiger partial charge in [-0.2, -0.15) is 0 Å². The Labute approximate surface area is 136 Å². The number of hydrogen-bond acceptors (Lipinski definition) is 1. The van der Waals surface area contributed by atoms with Crippen LogP contribution < -0.4 is 0 Å². The van der Waals surface area contributed by atoms with E-state index in [1.165, 1.54) is 6.07 Å². The average Bonchev–Trinajstić information content (AvgIpc) is 2.37. The maximum atomic E-state index is 13.5. The van der Waals surface area contributed by atoms with E-state index < -0.39 is 0 Å². The minimum atomic E-state index is -0.212. The Morgan fingerprint density at radius 1 is 1.24 bits per heavy atom. The van der Waals surface area contributed by atoms with Gasteiger partial charge in [0.25, 0.3) is 0 Å². The molecule has 0 aromatic heterocycles. The third kappa shape index (κ3) is 4.29. The Balaban J connectivity index is 2.10. The summed E-state index contributed by atoms with van der Waals surface area (Å²) in [6.07, 6.45) is 5.12. The molecule has 21 heavy (non-hydrogen) atoms. The van der Waals surface area contributed by atoms with Crippen molar-refractivity contribution in [3.63, 3.8) is 0 Å². The normalized spacial score (nSPS) is 26.9. The molecule has 1 N–H and O–H groups in total. The van der Waals surface area contributed by atoms with Crippen molar-refractivity contribution in [1.29, 1.82) is 0 Å². The molecule has 0 spiro atoms. The van der Waals surface area contributed by atoms with Gasteiger partial charge in [0.2, 0.25) is 0 Å². The molecule has 1 aromatic carbocycles. The molecule has 0 unspecified atom stereocenters. The van der Waals surface area contributed by atoms with E-state index >= 15 is 0 Å². The first-order chi connectivity index (χ1) is 9.74. The Morgan fingerprint density at radius 3 is 2.33 bits per heavy atom. The zero-order valence-electron chi connectivity index (χ0n) is 13.3. The van der Waals surface area contributed by atoms with E-state index in [1.54, 1.807) is 6.07 Å². The zero-order chi connectivity index (χ0) is 15.7. The lowest BCUT2D eigenvalue weighted by Gasteiger charge is -2.43. The monoisotopic (exact) mass is 356 g/mol. The minimum Gasteiger partial charge on any atom is -0.396 e. The molecule has 1 nitrogen and oxygen atoms in total. The first-order valence-electron chi connectivity index (χ1n) is 7.80. The average molecular weight is 357 g/mol. The Bertz CT molecular complexity index is 464. The van der Waals surface area contributed by atoms with Gasteiger partial charge in [-0.3, -0.25) is 0 Å². The van der Waals surface area contributed by atoms with Crippen LogP contribution in [0.25, 0.3) is 0 Å². The number of aliphatic hydroxyl groups excluding tert-OH is 1. The number of rotatable bonds is 3. The predicted molar refractivity (Wildman–Crippen MR) is 88.7 cm³/mol. The second-order valence-electron chi connectivity index (χ2n) is 7.75. The van der Waals surface area contributed by atoms with Gasteiger partial charge in [-0.15, -0.1) is 0 Å². The summed E-state index contributed by atoms with van der Waals surface area (Å²) in [5.74, 6) is 0.507. The molecule has 0 atom stereocenters. The molecule has 0 aliphatic heterocycles. The second kappa shape index (κ2) is 6.37. The van der Waals surface area contributed by atoms with Crippen LogP contribution >= 0.6 is 15.9 Å². The highest BCUT2D eigenvalue weighted by molar-refractivity contribution is 9.10. The van der Waals surface area contributed by atoms with Crippen LogP contribution in [-0.4, -0.2) is 11.7 Å². The molecule has 1 saturated carbocycles. The van der Waals surface area contributed by atoms with E-state index in [1.807, 2.05) is 6.07 Å². The molecule has 3 heteroatoms. The van der Waals surface area contributed by atoms with Gasteiger partial charge in [-0.25, -0.2) is 4.39 Å². The van der Waals surface area contributed by atoms with Gasteiger partial charge < -0.3 is 5.11 Å². The lowest BCUT2D eigenvalue weighted by atomic mass is 9.62. The first kappa shape index (κ1) is 17.0. The maximum absolute atomic E-state index is 13.5. The SMILES string of the molecule is CC(C)(C)C1CCC(CO)(Cc2cc(F)cc(Br)c2)CC1. The van der Waals surface area contributed by atoms with Crippen LogP contribution in [0.1, 0.15) is 52.0 Å². The number of aliphatic hydroxyl groups is 1. The van der Waals surface area contributed by atoms with E-state index in [0.29, 0.717) is 5.41 Å². The quantitative estimate of drug-likeness (QED) is 0.774. The summed E-state index contributed by atoms with van der Waals surface area (Å²) >= 11 is 3.35. The van der Waals surface area contributed by atoms with E-state index in [0.717, 1.165) is 48.1 Å². The topological polar surface area (TPSA) is 20.2 Å². The fourth-order valence-corrected chi connectivity index (χ4v) is 4.15. The molecule has 118 valence electrons. The summed E-state index contributed by atoms with van der Waals surface area (Å²) < 4.78 is 14.3. The molecule has 0 bridgehead atoms. The largest absolute Gasteiger partial charge is 0.396 e. The molecule has 1 aromatic rings. The molecular formula is C18H26BrFO. The van der Waals surface area contributed by atoms with Crippen molar-refractivity contribution in [2.45, 2.75) is 52.9 Å². The number of halogens is 2. The van der Waals surface area contributed by atoms with Crippen molar-refractivity contribution in [1.82, 2.24) is 0 Å². The second-order valence-corrected chi connectivity index (χ2v) is 8.67. The fourth-order valence-electron chi connectivity index (χ4n) is 3.63. The third-order valence-corrected chi connectivity index (χ3v) is 5.57. The van der Waals surface area contributed by atoms with Gasteiger partial charge in [-0.1, -0.05) is 36.7 Å². The molecule has 0 saturated heterocycles. The smallest absolute Gasteiger partial charge is 0.124 e. The van der Waals surface area contributed by atoms with Gasteiger partial charge in [0.05, 0.1) is 0 Å². The highest BCUT2D eigenvalue weighted by Gasteiger charge is 2.38. The Hall–Kier alpha value is -0.410. The standard InChI is InChI=1S/C18H26BrFO/c1-17(2,3)14-4-6-18(12-21,7-5-14)11-13-8-15(19)10-16(20)9-13/h8-10,14,21H,4-7,11-12H2,1-3H3. The van der Waals surface area contributed by atoms with Crippen molar-refractivity contribution in [2.75, 3.05) is 6.61 Å². The van der Waals surface area contributed by atoms with Crippen LogP contribution in [-0.2, 0) is 6.42 Å². The van der Waals surface area contributed by atoms with Crippen molar-refractivity contribution >= 4 is 15.9 Å². The van der Waals surface area contributed by atoms with Crippen molar-refractivity contribution in [3.05, 3.63) is 34.1 Å². The van der Waals surface area contributed by atoms with Crippen LogP contribution in [0, 0.1) is 22.6 Å². The first-order valence-corrected chi connectivity index (χ1v) is 8.59. The van der Waals surface area contributed by atoms with Gasteiger partial charge >= 0.3 is 0 Å². The van der Waals surface area contributed by atoms with Crippen LogP contribution in [0.2, 0.25) is 0 Å². The predicted octanol–water partition coefficient (Wildman–Crippen LogP) is 5.35. The highest BCUT2D eigenvalue weighted by Crippen LogP contribution is 2.46. The number of hydrogen-bond donors (Lipinski definition) is 1. The number of benzene rings is 1. The van der Waals surface area contributed by atoms with E-state index in [9.17, 15) is 9.50 Å². The molecule has 0 heterocycles. The van der Waals surface area contributed by atoms with Crippen LogP contribution in [0.4, 0.5) is 4.39 Å². The van der Waals surface area contributed by atoms with Gasteiger partial charge in [0, 0.05) is 11.1 Å². The van der Waals surface area contributed by atoms with Crippen LogP contribution in [0.15, 0.2) is 22.7 Å². The fraction of sp³-hybridized carbons (Fsp3) is 0.667. The molecule has 1 fully saturated rings. The van der Waals surface area contributed by atoms with Gasteiger partial charge in [0.1, 0.15) is 5.82 Å². The van der Waals surface area contributed by atoms with Crippen molar-refractivity contribution < 1.29 is 9.50 Å². The molecule has 1 aliphatic rings. The summed E-state index contributed by atoms with van der Waals surface area (Å²) in [5.41, 5.74) is 1.24. The molecule has 1 aliphatic carbocycles. The van der Waals surface area contributed by atoms with Crippen molar-refractivity contribution in [2.24, 2.45) is 16.7 Å². The Kier molecular flexibility index (Phi) is 5.15. The Morgan fingerprint density at radius 2 is 1.86 bits per heavy atom. The summed E-state index contributed by atoms with van der Waals surface area (Å²) in [6.45, 7) is 7.09. The van der Waals surface area contributed by atoms with E-state index in [2.05, 4.69) is 36.7 Å². The third-order valence-electron chi connectivity index (χ3n) is 5.11. The van der Waals surface area contributed by atoms with Crippen molar-refractivity contribution in [3.8, 4) is 0 Å². The lowest BCUT2D eigenvalue weighted by Crippen LogP contribution is -2.36. The lowest BCUT2D eigenvalue weighted by molar-refractivity contribution is 0.0369. The zero-order valence-corrected chi connectivity index (χ0v) is 14.8. The van der Waals surface area contributed by atoms with Crippen LogP contribution in [0.5, 0.6) is 0 Å². The molecular weight excluding hydrogens is 331 g/mol. The molecule has 0 radical (unpaired) electrons. The highest BCUT2D eigenvalue weighted by atomic mass is 79.9. The summed E-state index contributed by atoms with van der Waals surface area (Å²) in [4.78, 5) is 0. The van der Waals surface area contributed by atoms with Crippen LogP contribution in [0.3, 0.4) is 0 Å². The summed E-state index contributed by atoms with van der Waals surface area (Å²) in [6, 6.07) is 5.04. The van der Waals surface area contributed by atoms with E-state index in [4.69, 9.17) is 0 Å². The maximum Gasteiger partial charge on any atom is 0.124 e. The van der Waals surface area contributed by atoms with Gasteiger partial charge in [0.15, 0.2) is 0 Å². The van der Waals surface area contributed by atoms with E-state index in [-0.39, 0.29) is 17.8 Å². The van der Waals surface area contributed by atoms with Gasteiger partial charge in [-0.05, 0) is 72.6 Å². The minimum absolute atomic E-state index is 0.0744. The summed E-state index contributed by atoms with van der Waals surface area (Å²) in [7, 11) is 0. The molecule has 2 rings (SSSR count). The summed E-state index contributed by atoms with van der Waals surface area (Å²) in [5, 5.41) is 9.93.